The second-order valence-electron chi connectivity index (χ2n) is 8.47. The Kier molecular flexibility index (Phi) is 6.54. The molecule has 2 saturated heterocycles. The number of piperidine rings is 2. The average molecular weight is 427 g/mol. The van der Waals surface area contributed by atoms with Crippen molar-refractivity contribution in [2.24, 2.45) is 11.8 Å². The number of rotatable bonds is 5. The Labute approximate surface area is 179 Å². The van der Waals surface area contributed by atoms with Crippen LogP contribution in [0.5, 0.6) is 0 Å². The Morgan fingerprint density at radius 3 is 2.17 bits per heavy atom. The van der Waals surface area contributed by atoms with Crippen LogP contribution in [-0.4, -0.2) is 49.7 Å². The molecule has 1 atom stereocenters. The Balaban J connectivity index is 1.34. The van der Waals surface area contributed by atoms with E-state index in [1.165, 1.54) is 9.87 Å². The SMILES string of the molecule is O=C([C@H]1CCCN(S(=O)(=O)c2ccccc2)C1)N1CCC(Cc2ccccc2)CC1. The summed E-state index contributed by atoms with van der Waals surface area (Å²) in [7, 11) is -3.54. The lowest BCUT2D eigenvalue weighted by molar-refractivity contribution is -0.138. The highest BCUT2D eigenvalue weighted by molar-refractivity contribution is 7.89. The lowest BCUT2D eigenvalue weighted by atomic mass is 9.89. The van der Waals surface area contributed by atoms with Gasteiger partial charge in [-0.1, -0.05) is 48.5 Å². The molecular formula is C24H30N2O3S. The van der Waals surface area contributed by atoms with E-state index in [-0.39, 0.29) is 11.8 Å². The van der Waals surface area contributed by atoms with E-state index in [2.05, 4.69) is 24.3 Å². The molecule has 2 aliphatic heterocycles. The zero-order valence-electron chi connectivity index (χ0n) is 17.3. The molecule has 2 aromatic carbocycles. The highest BCUT2D eigenvalue weighted by Crippen LogP contribution is 2.27. The summed E-state index contributed by atoms with van der Waals surface area (Å²) in [6.45, 7) is 2.33. The molecule has 0 aliphatic carbocycles. The lowest BCUT2D eigenvalue weighted by Crippen LogP contribution is -2.48. The first kappa shape index (κ1) is 21.1. The molecule has 4 rings (SSSR count). The minimum atomic E-state index is -3.54. The molecule has 2 fully saturated rings. The largest absolute Gasteiger partial charge is 0.342 e. The first-order valence-corrected chi connectivity index (χ1v) is 12.4. The van der Waals surface area contributed by atoms with Gasteiger partial charge in [-0.15, -0.1) is 0 Å². The van der Waals surface area contributed by atoms with Crippen molar-refractivity contribution in [3.05, 3.63) is 66.2 Å². The van der Waals surface area contributed by atoms with E-state index < -0.39 is 10.0 Å². The highest BCUT2D eigenvalue weighted by atomic mass is 32.2. The van der Waals surface area contributed by atoms with Gasteiger partial charge in [-0.05, 0) is 55.7 Å². The Morgan fingerprint density at radius 2 is 1.50 bits per heavy atom. The molecule has 0 bridgehead atoms. The standard InChI is InChI=1S/C24H30N2O3S/c27-24(25-16-13-21(14-17-25)18-20-8-3-1-4-9-20)22-10-7-15-26(19-22)30(28,29)23-11-5-2-6-12-23/h1-6,8-9,11-12,21-22H,7,10,13-19H2/t22-/m0/s1. The molecular weight excluding hydrogens is 396 g/mol. The summed E-state index contributed by atoms with van der Waals surface area (Å²) in [5, 5.41) is 0. The fraction of sp³-hybridized carbons (Fsp3) is 0.458. The molecule has 6 heteroatoms. The third kappa shape index (κ3) is 4.76. The molecule has 0 radical (unpaired) electrons. The van der Waals surface area contributed by atoms with Crippen LogP contribution in [0.3, 0.4) is 0 Å². The molecule has 30 heavy (non-hydrogen) atoms. The number of nitrogens with zero attached hydrogens (tertiary/aromatic N) is 2. The van der Waals surface area contributed by atoms with Crippen LogP contribution < -0.4 is 0 Å². The van der Waals surface area contributed by atoms with Crippen molar-refractivity contribution in [2.75, 3.05) is 26.2 Å². The van der Waals surface area contributed by atoms with E-state index in [4.69, 9.17) is 0 Å². The van der Waals surface area contributed by atoms with Gasteiger partial charge in [-0.3, -0.25) is 4.79 Å². The molecule has 0 N–H and O–H groups in total. The van der Waals surface area contributed by atoms with Crippen molar-refractivity contribution in [3.8, 4) is 0 Å². The van der Waals surface area contributed by atoms with Crippen LogP contribution in [0.15, 0.2) is 65.6 Å². The van der Waals surface area contributed by atoms with Crippen LogP contribution in [0.1, 0.15) is 31.2 Å². The van der Waals surface area contributed by atoms with Gasteiger partial charge in [0.15, 0.2) is 0 Å². The Hall–Kier alpha value is -2.18. The van der Waals surface area contributed by atoms with Crippen LogP contribution in [-0.2, 0) is 21.2 Å². The van der Waals surface area contributed by atoms with Crippen LogP contribution in [0.2, 0.25) is 0 Å². The maximum Gasteiger partial charge on any atom is 0.243 e. The van der Waals surface area contributed by atoms with Gasteiger partial charge in [0.2, 0.25) is 15.9 Å². The number of likely N-dealkylation sites (tertiary alicyclic amines) is 1. The van der Waals surface area contributed by atoms with Gasteiger partial charge >= 0.3 is 0 Å². The predicted octanol–water partition coefficient (Wildman–Crippen LogP) is 3.57. The van der Waals surface area contributed by atoms with E-state index >= 15 is 0 Å². The van der Waals surface area contributed by atoms with Crippen LogP contribution >= 0.6 is 0 Å². The maximum absolute atomic E-state index is 13.1. The van der Waals surface area contributed by atoms with Crippen molar-refractivity contribution >= 4 is 15.9 Å². The third-order valence-corrected chi connectivity index (χ3v) is 8.29. The Bertz CT molecular complexity index is 939. The van der Waals surface area contributed by atoms with Gasteiger partial charge in [-0.2, -0.15) is 4.31 Å². The number of amides is 1. The first-order valence-electron chi connectivity index (χ1n) is 10.9. The number of sulfonamides is 1. The minimum absolute atomic E-state index is 0.126. The molecule has 2 heterocycles. The van der Waals surface area contributed by atoms with E-state index in [1.807, 2.05) is 17.0 Å². The monoisotopic (exact) mass is 426 g/mol. The normalized spacial score (nSPS) is 21.5. The summed E-state index contributed by atoms with van der Waals surface area (Å²) in [4.78, 5) is 15.4. The van der Waals surface area contributed by atoms with E-state index in [9.17, 15) is 13.2 Å². The molecule has 2 aromatic rings. The van der Waals surface area contributed by atoms with Crippen LogP contribution in [0.25, 0.3) is 0 Å². The van der Waals surface area contributed by atoms with Crippen molar-refractivity contribution in [3.63, 3.8) is 0 Å². The molecule has 0 spiro atoms. The first-order chi connectivity index (χ1) is 14.5. The van der Waals surface area contributed by atoms with Gasteiger partial charge in [0.05, 0.1) is 10.8 Å². The summed E-state index contributed by atoms with van der Waals surface area (Å²) in [6.07, 6.45) is 4.59. The summed E-state index contributed by atoms with van der Waals surface area (Å²) in [5.41, 5.74) is 1.36. The van der Waals surface area contributed by atoms with Gasteiger partial charge in [-0.25, -0.2) is 8.42 Å². The van der Waals surface area contributed by atoms with Gasteiger partial charge in [0, 0.05) is 26.2 Å². The average Bonchev–Trinajstić information content (AvgIpc) is 2.80. The van der Waals surface area contributed by atoms with Crippen molar-refractivity contribution in [2.45, 2.75) is 37.0 Å². The highest BCUT2D eigenvalue weighted by Gasteiger charge is 2.35. The zero-order valence-corrected chi connectivity index (χ0v) is 18.1. The topological polar surface area (TPSA) is 57.7 Å². The fourth-order valence-corrected chi connectivity index (χ4v) is 6.21. The number of hydrogen-bond acceptors (Lipinski definition) is 3. The molecule has 2 aliphatic rings. The maximum atomic E-state index is 13.1. The number of carbonyl (C=O) groups is 1. The zero-order chi connectivity index (χ0) is 21.0. The van der Waals surface area contributed by atoms with E-state index in [1.54, 1.807) is 24.3 Å². The predicted molar refractivity (Wildman–Crippen MR) is 117 cm³/mol. The van der Waals surface area contributed by atoms with Crippen LogP contribution in [0.4, 0.5) is 0 Å². The minimum Gasteiger partial charge on any atom is -0.342 e. The van der Waals surface area contributed by atoms with E-state index in [0.29, 0.717) is 23.9 Å². The van der Waals surface area contributed by atoms with Crippen molar-refractivity contribution < 1.29 is 13.2 Å². The summed E-state index contributed by atoms with van der Waals surface area (Å²) >= 11 is 0. The van der Waals surface area contributed by atoms with Crippen molar-refractivity contribution in [1.82, 2.24) is 9.21 Å². The number of carbonyl (C=O) groups excluding carboxylic acids is 1. The van der Waals surface area contributed by atoms with Gasteiger partial charge in [0.25, 0.3) is 0 Å². The quantitative estimate of drug-likeness (QED) is 0.734. The number of hydrogen-bond donors (Lipinski definition) is 0. The van der Waals surface area contributed by atoms with Crippen molar-refractivity contribution in [1.29, 1.82) is 0 Å². The second-order valence-corrected chi connectivity index (χ2v) is 10.4. The van der Waals surface area contributed by atoms with Gasteiger partial charge < -0.3 is 4.90 Å². The molecule has 0 aromatic heterocycles. The second kappa shape index (κ2) is 9.31. The Morgan fingerprint density at radius 1 is 0.867 bits per heavy atom. The fourth-order valence-electron chi connectivity index (χ4n) is 4.67. The summed E-state index contributed by atoms with van der Waals surface area (Å²) in [5.74, 6) is 0.502. The molecule has 160 valence electrons. The smallest absolute Gasteiger partial charge is 0.243 e. The van der Waals surface area contributed by atoms with Crippen LogP contribution in [0, 0.1) is 11.8 Å². The molecule has 0 saturated carbocycles. The number of benzene rings is 2. The van der Waals surface area contributed by atoms with E-state index in [0.717, 1.165) is 45.2 Å². The molecule has 1 amide bonds. The van der Waals surface area contributed by atoms with Gasteiger partial charge in [0.1, 0.15) is 0 Å². The summed E-state index contributed by atoms with van der Waals surface area (Å²) in [6, 6.07) is 19.1. The third-order valence-electron chi connectivity index (χ3n) is 6.41. The molecule has 0 unspecified atom stereocenters. The molecule has 5 nitrogen and oxygen atoms in total. The lowest BCUT2D eigenvalue weighted by Gasteiger charge is -2.37. The summed E-state index contributed by atoms with van der Waals surface area (Å²) < 4.78 is 27.4.